The molecule has 4 atom stereocenters. The first-order valence-corrected chi connectivity index (χ1v) is 8.43. The Morgan fingerprint density at radius 2 is 1.91 bits per heavy atom. The van der Waals surface area contributed by atoms with Gasteiger partial charge in [-0.1, -0.05) is 56.3 Å². The topological polar surface area (TPSA) is 27.7 Å². The van der Waals surface area contributed by atoms with Gasteiger partial charge in [-0.25, -0.2) is 0 Å². The second-order valence-electron chi connectivity index (χ2n) is 7.20. The largest absolute Gasteiger partial charge is 0.376 e. The molecule has 0 aliphatic carbocycles. The standard InChI is InChI=1S/C20H30O3/c1-14(2)18-16(4)19(23-20(5,6)22-18)15(3)12-21-13-17-10-8-7-9-11-17/h7-11,15-16,18-19H,1,12-13H2,2-6H3/t15-,16+,18-,19-/m0/s1. The predicted octanol–water partition coefficient (Wildman–Crippen LogP) is 4.57. The van der Waals surface area contributed by atoms with E-state index in [1.807, 2.05) is 39.0 Å². The molecule has 0 amide bonds. The summed E-state index contributed by atoms with van der Waals surface area (Å²) in [6.07, 6.45) is 0.122. The van der Waals surface area contributed by atoms with Gasteiger partial charge in [-0.05, 0) is 26.3 Å². The molecule has 1 aromatic rings. The summed E-state index contributed by atoms with van der Waals surface area (Å²) < 4.78 is 18.1. The summed E-state index contributed by atoms with van der Waals surface area (Å²) >= 11 is 0. The van der Waals surface area contributed by atoms with Crippen molar-refractivity contribution in [3.63, 3.8) is 0 Å². The van der Waals surface area contributed by atoms with Crippen LogP contribution in [0.15, 0.2) is 42.5 Å². The predicted molar refractivity (Wildman–Crippen MR) is 93.1 cm³/mol. The molecule has 128 valence electrons. The highest BCUT2D eigenvalue weighted by molar-refractivity contribution is 5.13. The number of ether oxygens (including phenoxy) is 3. The van der Waals surface area contributed by atoms with E-state index in [0.717, 1.165) is 5.57 Å². The minimum Gasteiger partial charge on any atom is -0.376 e. The summed E-state index contributed by atoms with van der Waals surface area (Å²) in [5.41, 5.74) is 2.25. The van der Waals surface area contributed by atoms with Crippen LogP contribution in [0.1, 0.15) is 40.2 Å². The molecule has 1 aromatic carbocycles. The van der Waals surface area contributed by atoms with Crippen LogP contribution in [0.5, 0.6) is 0 Å². The smallest absolute Gasteiger partial charge is 0.163 e. The van der Waals surface area contributed by atoms with Crippen molar-refractivity contribution in [1.29, 1.82) is 0 Å². The molecule has 23 heavy (non-hydrogen) atoms. The zero-order valence-corrected chi connectivity index (χ0v) is 15.0. The van der Waals surface area contributed by atoms with E-state index in [1.54, 1.807) is 0 Å². The Hall–Kier alpha value is -1.16. The molecule has 0 spiro atoms. The van der Waals surface area contributed by atoms with E-state index < -0.39 is 5.79 Å². The highest BCUT2D eigenvalue weighted by Crippen LogP contribution is 2.37. The molecular formula is C20H30O3. The van der Waals surface area contributed by atoms with Crippen LogP contribution in [-0.4, -0.2) is 24.6 Å². The fourth-order valence-electron chi connectivity index (χ4n) is 3.26. The van der Waals surface area contributed by atoms with Crippen molar-refractivity contribution in [2.45, 2.75) is 59.2 Å². The number of hydrogen-bond donors (Lipinski definition) is 0. The molecule has 2 rings (SSSR count). The van der Waals surface area contributed by atoms with E-state index in [4.69, 9.17) is 14.2 Å². The zero-order chi connectivity index (χ0) is 17.0. The lowest BCUT2D eigenvalue weighted by Crippen LogP contribution is -2.53. The molecule has 0 unspecified atom stereocenters. The Kier molecular flexibility index (Phi) is 6.01. The van der Waals surface area contributed by atoms with Crippen molar-refractivity contribution in [2.24, 2.45) is 11.8 Å². The van der Waals surface area contributed by atoms with Gasteiger partial charge >= 0.3 is 0 Å². The van der Waals surface area contributed by atoms with Gasteiger partial charge in [-0.3, -0.25) is 0 Å². The summed E-state index contributed by atoms with van der Waals surface area (Å²) in [5.74, 6) is -0.0383. The zero-order valence-electron chi connectivity index (χ0n) is 15.0. The van der Waals surface area contributed by atoms with Crippen LogP contribution in [-0.2, 0) is 20.8 Å². The third-order valence-corrected chi connectivity index (χ3v) is 4.37. The minimum atomic E-state index is -0.589. The molecule has 0 saturated carbocycles. The van der Waals surface area contributed by atoms with Crippen molar-refractivity contribution in [2.75, 3.05) is 6.61 Å². The molecule has 3 heteroatoms. The third kappa shape index (κ3) is 4.90. The Morgan fingerprint density at radius 1 is 1.26 bits per heavy atom. The van der Waals surface area contributed by atoms with Gasteiger partial charge in [-0.15, -0.1) is 0 Å². The highest BCUT2D eigenvalue weighted by atomic mass is 16.7. The quantitative estimate of drug-likeness (QED) is 0.719. The van der Waals surface area contributed by atoms with Crippen molar-refractivity contribution in [3.8, 4) is 0 Å². The summed E-state index contributed by atoms with van der Waals surface area (Å²) in [7, 11) is 0. The normalized spacial score (nSPS) is 28.3. The molecule has 1 saturated heterocycles. The number of benzene rings is 1. The van der Waals surface area contributed by atoms with Gasteiger partial charge in [0, 0.05) is 11.8 Å². The van der Waals surface area contributed by atoms with Gasteiger partial charge in [0.25, 0.3) is 0 Å². The Labute approximate surface area is 140 Å². The average molecular weight is 318 g/mol. The van der Waals surface area contributed by atoms with Crippen molar-refractivity contribution < 1.29 is 14.2 Å². The molecule has 1 aliphatic heterocycles. The Bertz CT molecular complexity index is 509. The van der Waals surface area contributed by atoms with Gasteiger partial charge in [-0.2, -0.15) is 0 Å². The Morgan fingerprint density at radius 3 is 2.52 bits per heavy atom. The lowest BCUT2D eigenvalue weighted by molar-refractivity contribution is -0.321. The first-order valence-electron chi connectivity index (χ1n) is 8.43. The van der Waals surface area contributed by atoms with Crippen LogP contribution in [0.3, 0.4) is 0 Å². The van der Waals surface area contributed by atoms with Gasteiger partial charge in [0.05, 0.1) is 25.4 Å². The lowest BCUT2D eigenvalue weighted by Gasteiger charge is -2.47. The fourth-order valence-corrected chi connectivity index (χ4v) is 3.26. The maximum absolute atomic E-state index is 6.19. The number of hydrogen-bond acceptors (Lipinski definition) is 3. The molecular weight excluding hydrogens is 288 g/mol. The summed E-state index contributed by atoms with van der Waals surface area (Å²) in [6, 6.07) is 10.2. The molecule has 1 heterocycles. The fraction of sp³-hybridized carbons (Fsp3) is 0.600. The summed E-state index contributed by atoms with van der Waals surface area (Å²) in [5, 5.41) is 0. The maximum atomic E-state index is 6.19. The second-order valence-corrected chi connectivity index (χ2v) is 7.20. The highest BCUT2D eigenvalue weighted by Gasteiger charge is 2.43. The summed E-state index contributed by atoms with van der Waals surface area (Å²) in [6.45, 7) is 15.7. The number of rotatable bonds is 6. The van der Waals surface area contributed by atoms with Crippen molar-refractivity contribution in [1.82, 2.24) is 0 Å². The SMILES string of the molecule is C=C(C)[C@@H]1OC(C)(C)O[C@@H]([C@@H](C)COCc2ccccc2)[C@@H]1C. The van der Waals surface area contributed by atoms with Crippen molar-refractivity contribution >= 4 is 0 Å². The lowest BCUT2D eigenvalue weighted by atomic mass is 9.85. The Balaban J connectivity index is 1.93. The van der Waals surface area contributed by atoms with E-state index in [0.29, 0.717) is 19.1 Å². The second kappa shape index (κ2) is 7.61. The maximum Gasteiger partial charge on any atom is 0.163 e. The van der Waals surface area contributed by atoms with E-state index >= 15 is 0 Å². The van der Waals surface area contributed by atoms with Crippen LogP contribution < -0.4 is 0 Å². The minimum absolute atomic E-state index is 0.0281. The molecule has 1 fully saturated rings. The first kappa shape index (κ1) is 18.2. The molecule has 1 aliphatic rings. The molecule has 0 bridgehead atoms. The summed E-state index contributed by atoms with van der Waals surface area (Å²) in [4.78, 5) is 0. The van der Waals surface area contributed by atoms with Crippen molar-refractivity contribution in [3.05, 3.63) is 48.0 Å². The van der Waals surface area contributed by atoms with E-state index in [1.165, 1.54) is 5.56 Å². The van der Waals surface area contributed by atoms with Crippen LogP contribution in [0.2, 0.25) is 0 Å². The van der Waals surface area contributed by atoms with Gasteiger partial charge in [0.15, 0.2) is 5.79 Å². The molecule has 0 aromatic heterocycles. The average Bonchev–Trinajstić information content (AvgIpc) is 2.50. The van der Waals surface area contributed by atoms with Crippen LogP contribution >= 0.6 is 0 Å². The van der Waals surface area contributed by atoms with Crippen LogP contribution in [0, 0.1) is 11.8 Å². The first-order chi connectivity index (χ1) is 10.8. The van der Waals surface area contributed by atoms with Gasteiger partial charge in [0.1, 0.15) is 0 Å². The van der Waals surface area contributed by atoms with Gasteiger partial charge < -0.3 is 14.2 Å². The van der Waals surface area contributed by atoms with E-state index in [-0.39, 0.29) is 18.1 Å². The van der Waals surface area contributed by atoms with Gasteiger partial charge in [0.2, 0.25) is 0 Å². The molecule has 0 N–H and O–H groups in total. The van der Waals surface area contributed by atoms with E-state index in [2.05, 4.69) is 32.6 Å². The third-order valence-electron chi connectivity index (χ3n) is 4.37. The molecule has 0 radical (unpaired) electrons. The molecule has 3 nitrogen and oxygen atoms in total. The van der Waals surface area contributed by atoms with Crippen LogP contribution in [0.4, 0.5) is 0 Å². The van der Waals surface area contributed by atoms with Crippen LogP contribution in [0.25, 0.3) is 0 Å². The monoisotopic (exact) mass is 318 g/mol. The van der Waals surface area contributed by atoms with E-state index in [9.17, 15) is 0 Å².